The van der Waals surface area contributed by atoms with Crippen LogP contribution < -0.4 is 21.5 Å². The fourth-order valence-corrected chi connectivity index (χ4v) is 5.54. The van der Waals surface area contributed by atoms with Crippen molar-refractivity contribution in [3.63, 3.8) is 0 Å². The number of H-pyrrole nitrogens is 1. The van der Waals surface area contributed by atoms with Crippen LogP contribution in [0.5, 0.6) is 6.01 Å². The number of anilines is 1. The molecule has 4 heterocycles. The number of benzene rings is 1. The summed E-state index contributed by atoms with van der Waals surface area (Å²) in [5.74, 6) is -0.144. The Kier molecular flexibility index (Phi) is 10.1. The normalized spacial score (nSPS) is 15.9. The molecule has 1 aromatic carbocycles. The first-order valence-corrected chi connectivity index (χ1v) is 15.3. The highest BCUT2D eigenvalue weighted by Gasteiger charge is 2.24. The number of unbranched alkanes of at least 4 members (excludes halogenated alkanes) is 1. The summed E-state index contributed by atoms with van der Waals surface area (Å²) >= 11 is 0. The number of likely N-dealkylation sites (tertiary alicyclic amines) is 1. The highest BCUT2D eigenvalue weighted by Crippen LogP contribution is 2.22. The standard InChI is InChI=1S/C31H40N8O5/c1-2-3-18-44-30-35-28(32)27-29(36-30)39(31(43)34-27)20-23-6-4-22(5-7-23)19-37-15-11-21(12-16-37)10-14-33-24(40)13-17-38-25(41)8-9-26(38)42/h4-9,21H,2-3,10-20H2,1H3,(H,33,40)(H,34,43)(H2,32,35,36). The van der Waals surface area contributed by atoms with Crippen molar-refractivity contribution in [2.45, 2.75) is 58.5 Å². The van der Waals surface area contributed by atoms with Crippen molar-refractivity contribution >= 4 is 34.7 Å². The molecule has 13 nitrogen and oxygen atoms in total. The number of nitrogens with zero attached hydrogens (tertiary/aromatic N) is 5. The molecule has 0 saturated carbocycles. The van der Waals surface area contributed by atoms with Gasteiger partial charge in [-0.25, -0.2) is 4.79 Å². The van der Waals surface area contributed by atoms with Crippen LogP contribution in [-0.4, -0.2) is 79.8 Å². The number of imide groups is 1. The molecule has 2 aromatic heterocycles. The molecule has 3 aromatic rings. The van der Waals surface area contributed by atoms with E-state index in [1.54, 1.807) is 4.57 Å². The molecule has 2 aliphatic heterocycles. The van der Waals surface area contributed by atoms with E-state index in [1.807, 2.05) is 12.1 Å². The molecule has 0 radical (unpaired) electrons. The summed E-state index contributed by atoms with van der Waals surface area (Å²) in [7, 11) is 0. The monoisotopic (exact) mass is 604 g/mol. The first kappa shape index (κ1) is 30.9. The molecule has 0 bridgehead atoms. The highest BCUT2D eigenvalue weighted by molar-refractivity contribution is 6.13. The van der Waals surface area contributed by atoms with Crippen molar-refractivity contribution in [3.8, 4) is 6.01 Å². The average molecular weight is 605 g/mol. The summed E-state index contributed by atoms with van der Waals surface area (Å²) in [6, 6.07) is 8.43. The number of imidazole rings is 1. The zero-order chi connectivity index (χ0) is 31.1. The number of nitrogens with one attached hydrogen (secondary N) is 2. The number of amides is 3. The number of carbonyl (C=O) groups is 3. The predicted octanol–water partition coefficient (Wildman–Crippen LogP) is 1.96. The number of fused-ring (bicyclic) bond motifs is 1. The minimum atomic E-state index is -0.364. The molecule has 0 atom stereocenters. The fraction of sp³-hybridized carbons (Fsp3) is 0.484. The summed E-state index contributed by atoms with van der Waals surface area (Å²) in [6.07, 6.45) is 7.47. The van der Waals surface area contributed by atoms with Gasteiger partial charge in [0.1, 0.15) is 5.52 Å². The van der Waals surface area contributed by atoms with Crippen molar-refractivity contribution in [2.75, 3.05) is 38.5 Å². The third-order valence-electron chi connectivity index (χ3n) is 8.17. The minimum absolute atomic E-state index is 0.108. The summed E-state index contributed by atoms with van der Waals surface area (Å²) in [6.45, 7) is 6.43. The van der Waals surface area contributed by atoms with E-state index < -0.39 is 0 Å². The molecule has 0 unspecified atom stereocenters. The van der Waals surface area contributed by atoms with Gasteiger partial charge in [0.05, 0.1) is 13.2 Å². The largest absolute Gasteiger partial charge is 0.463 e. The lowest BCUT2D eigenvalue weighted by Gasteiger charge is -2.32. The lowest BCUT2D eigenvalue weighted by molar-refractivity contribution is -0.137. The van der Waals surface area contributed by atoms with Crippen LogP contribution in [0, 0.1) is 5.92 Å². The van der Waals surface area contributed by atoms with Crippen LogP contribution in [0.2, 0.25) is 0 Å². The van der Waals surface area contributed by atoms with Crippen molar-refractivity contribution in [1.29, 1.82) is 0 Å². The van der Waals surface area contributed by atoms with Gasteiger partial charge < -0.3 is 20.8 Å². The van der Waals surface area contributed by atoms with Crippen molar-refractivity contribution in [1.82, 2.24) is 34.6 Å². The number of carbonyl (C=O) groups excluding carboxylic acids is 3. The molecule has 0 aliphatic carbocycles. The van der Waals surface area contributed by atoms with Gasteiger partial charge in [-0.2, -0.15) is 9.97 Å². The van der Waals surface area contributed by atoms with E-state index >= 15 is 0 Å². The number of hydrogen-bond acceptors (Lipinski definition) is 9. The summed E-state index contributed by atoms with van der Waals surface area (Å²) in [5, 5.41) is 2.92. The SMILES string of the molecule is CCCCOc1nc(N)c2[nH]c(=O)n(Cc3ccc(CN4CCC(CCNC(=O)CCN5C(=O)C=CC5=O)CC4)cc3)c2n1. The van der Waals surface area contributed by atoms with E-state index in [0.29, 0.717) is 36.8 Å². The van der Waals surface area contributed by atoms with E-state index in [0.717, 1.165) is 62.2 Å². The summed E-state index contributed by atoms with van der Waals surface area (Å²) < 4.78 is 7.18. The van der Waals surface area contributed by atoms with Gasteiger partial charge >= 0.3 is 11.7 Å². The Balaban J connectivity index is 1.05. The fourth-order valence-electron chi connectivity index (χ4n) is 5.54. The Morgan fingerprint density at radius 1 is 1.05 bits per heavy atom. The molecule has 3 amide bonds. The first-order chi connectivity index (χ1) is 21.3. The molecule has 0 spiro atoms. The first-order valence-electron chi connectivity index (χ1n) is 15.3. The molecule has 2 aliphatic rings. The summed E-state index contributed by atoms with van der Waals surface area (Å²) in [5.41, 5.74) is 8.78. The number of rotatable bonds is 14. The van der Waals surface area contributed by atoms with E-state index in [4.69, 9.17) is 10.5 Å². The third-order valence-corrected chi connectivity index (χ3v) is 8.17. The van der Waals surface area contributed by atoms with E-state index in [-0.39, 0.29) is 48.2 Å². The molecule has 234 valence electrons. The van der Waals surface area contributed by atoms with Gasteiger partial charge in [0.15, 0.2) is 11.5 Å². The van der Waals surface area contributed by atoms with E-state index in [1.165, 1.54) is 17.7 Å². The Morgan fingerprint density at radius 3 is 2.41 bits per heavy atom. The van der Waals surface area contributed by atoms with Crippen molar-refractivity contribution in [3.05, 3.63) is 58.0 Å². The lowest BCUT2D eigenvalue weighted by atomic mass is 9.93. The topological polar surface area (TPSA) is 169 Å². The number of aromatic amines is 1. The summed E-state index contributed by atoms with van der Waals surface area (Å²) in [4.78, 5) is 62.9. The quantitative estimate of drug-likeness (QED) is 0.184. The van der Waals surface area contributed by atoms with Crippen LogP contribution in [-0.2, 0) is 27.5 Å². The Bertz CT molecular complexity index is 1550. The molecule has 1 fully saturated rings. The number of ether oxygens (including phenoxy) is 1. The molecule has 44 heavy (non-hydrogen) atoms. The molecular formula is C31H40N8O5. The maximum absolute atomic E-state index is 12.7. The van der Waals surface area contributed by atoms with Crippen LogP contribution in [0.3, 0.4) is 0 Å². The molecule has 13 heteroatoms. The number of piperidine rings is 1. The minimum Gasteiger partial charge on any atom is -0.463 e. The van der Waals surface area contributed by atoms with Crippen LogP contribution in [0.1, 0.15) is 56.6 Å². The molecular weight excluding hydrogens is 564 g/mol. The predicted molar refractivity (Wildman–Crippen MR) is 165 cm³/mol. The number of nitrogen functional groups attached to an aromatic ring is 1. The van der Waals surface area contributed by atoms with Gasteiger partial charge in [0.2, 0.25) is 5.91 Å². The average Bonchev–Trinajstić information content (AvgIpc) is 3.51. The Morgan fingerprint density at radius 2 is 1.73 bits per heavy atom. The van der Waals surface area contributed by atoms with Gasteiger partial charge in [-0.3, -0.25) is 28.8 Å². The molecule has 4 N–H and O–H groups in total. The van der Waals surface area contributed by atoms with Gasteiger partial charge in [-0.15, -0.1) is 0 Å². The second-order valence-electron chi connectivity index (χ2n) is 11.4. The number of nitrogens with two attached hydrogens (primary N) is 1. The second-order valence-corrected chi connectivity index (χ2v) is 11.4. The van der Waals surface area contributed by atoms with Gasteiger partial charge in [-0.05, 0) is 55.8 Å². The van der Waals surface area contributed by atoms with Crippen molar-refractivity contribution in [2.24, 2.45) is 5.92 Å². The Labute approximate surface area is 255 Å². The van der Waals surface area contributed by atoms with Gasteiger partial charge in [0, 0.05) is 38.2 Å². The zero-order valence-corrected chi connectivity index (χ0v) is 25.1. The smallest absolute Gasteiger partial charge is 0.328 e. The van der Waals surface area contributed by atoms with Crippen molar-refractivity contribution < 1.29 is 19.1 Å². The van der Waals surface area contributed by atoms with Crippen LogP contribution in [0.15, 0.2) is 41.2 Å². The van der Waals surface area contributed by atoms with Crippen LogP contribution in [0.4, 0.5) is 5.82 Å². The van der Waals surface area contributed by atoms with E-state index in [2.05, 4.69) is 44.2 Å². The number of aromatic nitrogens is 4. The van der Waals surface area contributed by atoms with E-state index in [9.17, 15) is 19.2 Å². The zero-order valence-electron chi connectivity index (χ0n) is 25.1. The Hall–Kier alpha value is -4.52. The maximum Gasteiger partial charge on any atom is 0.328 e. The molecule has 1 saturated heterocycles. The highest BCUT2D eigenvalue weighted by atomic mass is 16.5. The third kappa shape index (κ3) is 7.70. The lowest BCUT2D eigenvalue weighted by Crippen LogP contribution is -2.36. The van der Waals surface area contributed by atoms with Gasteiger partial charge in [-0.1, -0.05) is 37.6 Å². The van der Waals surface area contributed by atoms with Gasteiger partial charge in [0.25, 0.3) is 11.8 Å². The second kappa shape index (κ2) is 14.3. The molecule has 5 rings (SSSR count). The van der Waals surface area contributed by atoms with Crippen LogP contribution >= 0.6 is 0 Å². The number of hydrogen-bond donors (Lipinski definition) is 3. The van der Waals surface area contributed by atoms with Crippen LogP contribution in [0.25, 0.3) is 11.2 Å². The maximum atomic E-state index is 12.7.